The third kappa shape index (κ3) is 3.36. The summed E-state index contributed by atoms with van der Waals surface area (Å²) in [6, 6.07) is 10.2. The molecular weight excluding hydrogens is 240 g/mol. The maximum atomic E-state index is 5.63. The van der Waals surface area contributed by atoms with Gasteiger partial charge in [-0.3, -0.25) is 11.3 Å². The topological polar surface area (TPSA) is 60.4 Å². The zero-order valence-electron chi connectivity index (χ0n) is 11.3. The van der Waals surface area contributed by atoms with Gasteiger partial charge >= 0.3 is 0 Å². The van der Waals surface area contributed by atoms with E-state index < -0.39 is 0 Å². The van der Waals surface area contributed by atoms with Crippen LogP contribution in [0.3, 0.4) is 0 Å². The number of benzene rings is 1. The maximum absolute atomic E-state index is 5.63. The molecule has 1 unspecified atom stereocenters. The van der Waals surface area contributed by atoms with Crippen LogP contribution in [0.25, 0.3) is 0 Å². The molecule has 1 heterocycles. The third-order valence-corrected chi connectivity index (χ3v) is 3.36. The maximum Gasteiger partial charge on any atom is 0.118 e. The fourth-order valence-electron chi connectivity index (χ4n) is 2.19. The van der Waals surface area contributed by atoms with Crippen molar-refractivity contribution < 1.29 is 9.15 Å². The van der Waals surface area contributed by atoms with Gasteiger partial charge in [0.1, 0.15) is 11.5 Å². The Morgan fingerprint density at radius 2 is 2.00 bits per heavy atom. The fourth-order valence-corrected chi connectivity index (χ4v) is 2.19. The van der Waals surface area contributed by atoms with E-state index in [-0.39, 0.29) is 6.04 Å². The SMILES string of the molecule is COc1ccc(CCC(NN)c2ccoc2C)cc1. The molecule has 1 aromatic heterocycles. The third-order valence-electron chi connectivity index (χ3n) is 3.36. The van der Waals surface area contributed by atoms with Crippen molar-refractivity contribution in [3.05, 3.63) is 53.5 Å². The second kappa shape index (κ2) is 6.41. The van der Waals surface area contributed by atoms with Crippen molar-refractivity contribution in [1.29, 1.82) is 0 Å². The lowest BCUT2D eigenvalue weighted by Gasteiger charge is -2.15. The van der Waals surface area contributed by atoms with E-state index in [1.54, 1.807) is 13.4 Å². The van der Waals surface area contributed by atoms with Gasteiger partial charge in [-0.2, -0.15) is 0 Å². The van der Waals surface area contributed by atoms with E-state index in [0.717, 1.165) is 29.9 Å². The van der Waals surface area contributed by atoms with Gasteiger partial charge in [0.2, 0.25) is 0 Å². The summed E-state index contributed by atoms with van der Waals surface area (Å²) < 4.78 is 10.5. The lowest BCUT2D eigenvalue weighted by atomic mass is 10.00. The highest BCUT2D eigenvalue weighted by Gasteiger charge is 2.14. The van der Waals surface area contributed by atoms with Crippen LogP contribution in [0, 0.1) is 6.92 Å². The van der Waals surface area contributed by atoms with E-state index in [0.29, 0.717) is 0 Å². The summed E-state index contributed by atoms with van der Waals surface area (Å²) in [5.74, 6) is 7.42. The predicted molar refractivity (Wildman–Crippen MR) is 74.8 cm³/mol. The van der Waals surface area contributed by atoms with Crippen LogP contribution in [0.5, 0.6) is 5.75 Å². The minimum Gasteiger partial charge on any atom is -0.497 e. The van der Waals surface area contributed by atoms with Crippen LogP contribution >= 0.6 is 0 Å². The summed E-state index contributed by atoms with van der Waals surface area (Å²) >= 11 is 0. The number of furan rings is 1. The van der Waals surface area contributed by atoms with Crippen LogP contribution in [0.15, 0.2) is 41.0 Å². The highest BCUT2D eigenvalue weighted by atomic mass is 16.5. The van der Waals surface area contributed by atoms with E-state index in [1.807, 2.05) is 25.1 Å². The van der Waals surface area contributed by atoms with Crippen molar-refractivity contribution in [3.63, 3.8) is 0 Å². The number of methoxy groups -OCH3 is 1. The van der Waals surface area contributed by atoms with Crippen LogP contribution in [-0.2, 0) is 6.42 Å². The average molecular weight is 260 g/mol. The molecule has 0 radical (unpaired) electrons. The highest BCUT2D eigenvalue weighted by molar-refractivity contribution is 5.27. The molecule has 4 nitrogen and oxygen atoms in total. The Morgan fingerprint density at radius 3 is 2.53 bits per heavy atom. The molecule has 0 aliphatic heterocycles. The van der Waals surface area contributed by atoms with E-state index in [2.05, 4.69) is 17.6 Å². The van der Waals surface area contributed by atoms with Gasteiger partial charge in [-0.25, -0.2) is 0 Å². The standard InChI is InChI=1S/C15H20N2O2/c1-11-14(9-10-19-11)15(17-16)8-5-12-3-6-13(18-2)7-4-12/h3-4,6-7,9-10,15,17H,5,8,16H2,1-2H3. The zero-order chi connectivity index (χ0) is 13.7. The minimum absolute atomic E-state index is 0.112. The quantitative estimate of drug-likeness (QED) is 0.619. The molecule has 0 amide bonds. The van der Waals surface area contributed by atoms with Crippen LogP contribution in [-0.4, -0.2) is 7.11 Å². The Bertz CT molecular complexity index is 505. The Labute approximate surface area is 113 Å². The first-order valence-electron chi connectivity index (χ1n) is 6.37. The van der Waals surface area contributed by atoms with Crippen molar-refractivity contribution in [2.75, 3.05) is 7.11 Å². The number of hydrogen-bond acceptors (Lipinski definition) is 4. The molecule has 0 saturated carbocycles. The first-order valence-corrected chi connectivity index (χ1v) is 6.37. The van der Waals surface area contributed by atoms with E-state index in [4.69, 9.17) is 15.0 Å². The molecule has 0 aliphatic rings. The Balaban J connectivity index is 1.98. The van der Waals surface area contributed by atoms with Crippen molar-refractivity contribution in [1.82, 2.24) is 5.43 Å². The molecule has 4 heteroatoms. The lowest BCUT2D eigenvalue weighted by molar-refractivity contribution is 0.414. The van der Waals surface area contributed by atoms with Gasteiger partial charge in [-0.15, -0.1) is 0 Å². The highest BCUT2D eigenvalue weighted by Crippen LogP contribution is 2.23. The predicted octanol–water partition coefficient (Wildman–Crippen LogP) is 2.73. The average Bonchev–Trinajstić information content (AvgIpc) is 2.87. The Kier molecular flexibility index (Phi) is 4.60. The molecule has 0 aliphatic carbocycles. The summed E-state index contributed by atoms with van der Waals surface area (Å²) in [5, 5.41) is 0. The summed E-state index contributed by atoms with van der Waals surface area (Å²) in [7, 11) is 1.67. The van der Waals surface area contributed by atoms with E-state index >= 15 is 0 Å². The Hall–Kier alpha value is -1.78. The summed E-state index contributed by atoms with van der Waals surface area (Å²) in [4.78, 5) is 0. The molecule has 3 N–H and O–H groups in total. The van der Waals surface area contributed by atoms with Crippen LogP contribution in [0.1, 0.15) is 29.3 Å². The number of ether oxygens (including phenoxy) is 1. The molecule has 2 rings (SSSR count). The molecule has 19 heavy (non-hydrogen) atoms. The van der Waals surface area contributed by atoms with Crippen molar-refractivity contribution in [2.45, 2.75) is 25.8 Å². The number of hydrogen-bond donors (Lipinski definition) is 2. The number of nitrogens with one attached hydrogen (secondary N) is 1. The largest absolute Gasteiger partial charge is 0.497 e. The van der Waals surface area contributed by atoms with Gasteiger partial charge in [-0.05, 0) is 43.5 Å². The normalized spacial score (nSPS) is 12.4. The van der Waals surface area contributed by atoms with Gasteiger partial charge in [0.05, 0.1) is 13.4 Å². The molecule has 102 valence electrons. The molecule has 1 atom stereocenters. The molecule has 0 bridgehead atoms. The van der Waals surface area contributed by atoms with Gasteiger partial charge in [0, 0.05) is 11.6 Å². The molecular formula is C15H20N2O2. The Morgan fingerprint density at radius 1 is 1.26 bits per heavy atom. The van der Waals surface area contributed by atoms with Gasteiger partial charge in [-0.1, -0.05) is 12.1 Å². The number of hydrazine groups is 1. The smallest absolute Gasteiger partial charge is 0.118 e. The van der Waals surface area contributed by atoms with Crippen molar-refractivity contribution in [3.8, 4) is 5.75 Å². The summed E-state index contributed by atoms with van der Waals surface area (Å²) in [6.45, 7) is 1.95. The summed E-state index contributed by atoms with van der Waals surface area (Å²) in [5.41, 5.74) is 5.24. The van der Waals surface area contributed by atoms with E-state index in [1.165, 1.54) is 5.56 Å². The molecule has 0 saturated heterocycles. The monoisotopic (exact) mass is 260 g/mol. The minimum atomic E-state index is 0.112. The zero-order valence-corrected chi connectivity index (χ0v) is 11.3. The van der Waals surface area contributed by atoms with Crippen LogP contribution in [0.2, 0.25) is 0 Å². The fraction of sp³-hybridized carbons (Fsp3) is 0.333. The first-order chi connectivity index (χ1) is 9.24. The number of rotatable bonds is 6. The second-order valence-corrected chi connectivity index (χ2v) is 4.54. The van der Waals surface area contributed by atoms with Gasteiger partial charge in [0.25, 0.3) is 0 Å². The lowest BCUT2D eigenvalue weighted by Crippen LogP contribution is -2.28. The number of nitrogens with two attached hydrogens (primary N) is 1. The molecule has 0 fully saturated rings. The molecule has 2 aromatic rings. The van der Waals surface area contributed by atoms with Gasteiger partial charge < -0.3 is 9.15 Å². The van der Waals surface area contributed by atoms with Gasteiger partial charge in [0.15, 0.2) is 0 Å². The second-order valence-electron chi connectivity index (χ2n) is 4.54. The number of aryl methyl sites for hydroxylation is 2. The van der Waals surface area contributed by atoms with Crippen molar-refractivity contribution in [2.24, 2.45) is 5.84 Å². The first kappa shape index (κ1) is 13.6. The van der Waals surface area contributed by atoms with Crippen molar-refractivity contribution >= 4 is 0 Å². The van der Waals surface area contributed by atoms with Crippen LogP contribution in [0.4, 0.5) is 0 Å². The summed E-state index contributed by atoms with van der Waals surface area (Å²) in [6.07, 6.45) is 3.56. The van der Waals surface area contributed by atoms with Crippen LogP contribution < -0.4 is 16.0 Å². The molecule has 1 aromatic carbocycles. The molecule has 0 spiro atoms. The van der Waals surface area contributed by atoms with E-state index in [9.17, 15) is 0 Å².